The van der Waals surface area contributed by atoms with E-state index in [1.807, 2.05) is 30.3 Å². The Morgan fingerprint density at radius 3 is 2.48 bits per heavy atom. The topological polar surface area (TPSA) is 94.2 Å². The van der Waals surface area contributed by atoms with Crippen molar-refractivity contribution in [3.8, 4) is 0 Å². The molecule has 0 saturated heterocycles. The second-order valence-electron chi connectivity index (χ2n) is 4.50. The zero-order chi connectivity index (χ0) is 15.4. The van der Waals surface area contributed by atoms with Gasteiger partial charge in [-0.2, -0.15) is 0 Å². The Labute approximate surface area is 121 Å². The number of benzene rings is 1. The first-order valence-electron chi connectivity index (χ1n) is 6.33. The van der Waals surface area contributed by atoms with Crippen LogP contribution in [-0.4, -0.2) is 23.4 Å². The van der Waals surface area contributed by atoms with Gasteiger partial charge in [-0.15, -0.1) is 0 Å². The maximum atomic E-state index is 12.3. The van der Waals surface area contributed by atoms with E-state index in [0.717, 1.165) is 5.56 Å². The predicted molar refractivity (Wildman–Crippen MR) is 78.2 cm³/mol. The van der Waals surface area contributed by atoms with Crippen molar-refractivity contribution in [2.45, 2.75) is 6.54 Å². The fourth-order valence-corrected chi connectivity index (χ4v) is 1.97. The largest absolute Gasteiger partial charge is 0.366 e. The van der Waals surface area contributed by atoms with Crippen molar-refractivity contribution in [1.29, 1.82) is 0 Å². The van der Waals surface area contributed by atoms with Crippen molar-refractivity contribution < 1.29 is 9.59 Å². The number of rotatable bonds is 4. The molecule has 2 amide bonds. The molecule has 6 heteroatoms. The Morgan fingerprint density at radius 1 is 1.24 bits per heavy atom. The monoisotopic (exact) mass is 285 g/mol. The van der Waals surface area contributed by atoms with Crippen LogP contribution in [0.25, 0.3) is 0 Å². The van der Waals surface area contributed by atoms with Gasteiger partial charge in [0.15, 0.2) is 0 Å². The fraction of sp³-hybridized carbons (Fsp3) is 0.133. The number of nitrogens with two attached hydrogens (primary N) is 1. The highest BCUT2D eigenvalue weighted by atomic mass is 16.2. The summed E-state index contributed by atoms with van der Waals surface area (Å²) in [6, 6.07) is 10.5. The third-order valence-corrected chi connectivity index (χ3v) is 3.04. The van der Waals surface area contributed by atoms with Crippen LogP contribution in [0, 0.1) is 0 Å². The number of nitrogens with zero attached hydrogens (tertiary/aromatic N) is 1. The first kappa shape index (κ1) is 14.5. The standard InChI is InChI=1S/C15H15N3O3/c1-17-14(20)12-7-11(13(16)19)9-18(15(12)21)8-10-5-3-2-4-6-10/h2-7,9H,8H2,1H3,(H2,16,19)(H,17,20). The number of hydrogen-bond acceptors (Lipinski definition) is 3. The first-order valence-corrected chi connectivity index (χ1v) is 6.33. The van der Waals surface area contributed by atoms with Crippen LogP contribution in [0.3, 0.4) is 0 Å². The van der Waals surface area contributed by atoms with E-state index in [0.29, 0.717) is 0 Å². The van der Waals surface area contributed by atoms with Crippen LogP contribution in [0.4, 0.5) is 0 Å². The Hall–Kier alpha value is -2.89. The Morgan fingerprint density at radius 2 is 1.90 bits per heavy atom. The third kappa shape index (κ3) is 3.17. The van der Waals surface area contributed by atoms with E-state index >= 15 is 0 Å². The second kappa shape index (κ2) is 6.04. The van der Waals surface area contributed by atoms with Gasteiger partial charge in [0.05, 0.1) is 12.1 Å². The summed E-state index contributed by atoms with van der Waals surface area (Å²) in [7, 11) is 1.42. The summed E-state index contributed by atoms with van der Waals surface area (Å²) in [5.41, 5.74) is 5.67. The van der Waals surface area contributed by atoms with E-state index in [1.54, 1.807) is 0 Å². The quantitative estimate of drug-likeness (QED) is 0.849. The molecule has 6 nitrogen and oxygen atoms in total. The Balaban J connectivity index is 2.54. The Kier molecular flexibility index (Phi) is 4.18. The lowest BCUT2D eigenvalue weighted by molar-refractivity contribution is 0.0961. The average Bonchev–Trinajstić information content (AvgIpc) is 2.49. The van der Waals surface area contributed by atoms with Crippen LogP contribution < -0.4 is 16.6 Å². The van der Waals surface area contributed by atoms with Gasteiger partial charge < -0.3 is 15.6 Å². The lowest BCUT2D eigenvalue weighted by atomic mass is 10.1. The molecule has 0 fully saturated rings. The summed E-state index contributed by atoms with van der Waals surface area (Å²) >= 11 is 0. The molecule has 0 spiro atoms. The molecule has 0 radical (unpaired) electrons. The van der Waals surface area contributed by atoms with Crippen molar-refractivity contribution in [1.82, 2.24) is 9.88 Å². The third-order valence-electron chi connectivity index (χ3n) is 3.04. The van der Waals surface area contributed by atoms with E-state index in [1.165, 1.54) is 23.9 Å². The van der Waals surface area contributed by atoms with Gasteiger partial charge in [-0.3, -0.25) is 14.4 Å². The number of amides is 2. The van der Waals surface area contributed by atoms with E-state index < -0.39 is 17.4 Å². The minimum absolute atomic E-state index is 0.107. The number of primary amides is 1. The van der Waals surface area contributed by atoms with Gasteiger partial charge in [0, 0.05) is 13.2 Å². The molecular weight excluding hydrogens is 270 g/mol. The summed E-state index contributed by atoms with van der Waals surface area (Å²) < 4.78 is 1.31. The molecule has 1 aromatic carbocycles. The highest BCUT2D eigenvalue weighted by Gasteiger charge is 2.15. The number of aromatic nitrogens is 1. The fourth-order valence-electron chi connectivity index (χ4n) is 1.97. The highest BCUT2D eigenvalue weighted by Crippen LogP contribution is 2.05. The van der Waals surface area contributed by atoms with Crippen molar-refractivity contribution in [3.63, 3.8) is 0 Å². The van der Waals surface area contributed by atoms with Crippen molar-refractivity contribution in [2.75, 3.05) is 7.05 Å². The smallest absolute Gasteiger partial charge is 0.263 e. The lowest BCUT2D eigenvalue weighted by Gasteiger charge is -2.10. The van der Waals surface area contributed by atoms with E-state index in [4.69, 9.17) is 5.73 Å². The predicted octanol–water partition coefficient (Wildman–Crippen LogP) is 0.355. The molecule has 3 N–H and O–H groups in total. The Bertz CT molecular complexity index is 736. The van der Waals surface area contributed by atoms with Gasteiger partial charge in [0.1, 0.15) is 5.56 Å². The van der Waals surface area contributed by atoms with Crippen molar-refractivity contribution in [3.05, 3.63) is 69.6 Å². The first-order chi connectivity index (χ1) is 10.0. The molecule has 0 aliphatic heterocycles. The van der Waals surface area contributed by atoms with Gasteiger partial charge in [0.2, 0.25) is 5.91 Å². The van der Waals surface area contributed by atoms with Gasteiger partial charge >= 0.3 is 0 Å². The minimum atomic E-state index is -0.693. The van der Waals surface area contributed by atoms with Crippen LogP contribution in [0.5, 0.6) is 0 Å². The summed E-state index contributed by atoms with van der Waals surface area (Å²) in [6.07, 6.45) is 1.37. The summed E-state index contributed by atoms with van der Waals surface area (Å²) in [6.45, 7) is 0.255. The van der Waals surface area contributed by atoms with Crippen LogP contribution in [-0.2, 0) is 6.54 Å². The van der Waals surface area contributed by atoms with Crippen LogP contribution in [0.2, 0.25) is 0 Å². The van der Waals surface area contributed by atoms with E-state index in [2.05, 4.69) is 5.32 Å². The zero-order valence-corrected chi connectivity index (χ0v) is 11.5. The molecule has 0 saturated carbocycles. The molecule has 0 unspecified atom stereocenters. The molecule has 2 rings (SSSR count). The van der Waals surface area contributed by atoms with E-state index in [-0.39, 0.29) is 17.7 Å². The number of carbonyl (C=O) groups is 2. The molecule has 0 atom stereocenters. The van der Waals surface area contributed by atoms with Gasteiger partial charge in [0.25, 0.3) is 11.5 Å². The summed E-state index contributed by atoms with van der Waals surface area (Å²) in [4.78, 5) is 35.4. The highest BCUT2D eigenvalue weighted by molar-refractivity contribution is 5.98. The molecular formula is C15H15N3O3. The molecule has 0 aliphatic rings. The molecule has 21 heavy (non-hydrogen) atoms. The average molecular weight is 285 g/mol. The second-order valence-corrected chi connectivity index (χ2v) is 4.50. The number of carbonyl (C=O) groups excluding carboxylic acids is 2. The van der Waals surface area contributed by atoms with E-state index in [9.17, 15) is 14.4 Å². The van der Waals surface area contributed by atoms with Crippen LogP contribution in [0.15, 0.2) is 47.4 Å². The lowest BCUT2D eigenvalue weighted by Crippen LogP contribution is -2.33. The maximum Gasteiger partial charge on any atom is 0.263 e. The molecule has 1 aromatic heterocycles. The molecule has 0 aliphatic carbocycles. The zero-order valence-electron chi connectivity index (χ0n) is 11.5. The van der Waals surface area contributed by atoms with Gasteiger partial charge in [-0.1, -0.05) is 30.3 Å². The molecule has 2 aromatic rings. The van der Waals surface area contributed by atoms with Gasteiger partial charge in [-0.25, -0.2) is 0 Å². The normalized spacial score (nSPS) is 10.1. The SMILES string of the molecule is CNC(=O)c1cc(C(N)=O)cn(Cc2ccccc2)c1=O. The van der Waals surface area contributed by atoms with Crippen molar-refractivity contribution >= 4 is 11.8 Å². The maximum absolute atomic E-state index is 12.3. The summed E-state index contributed by atoms with van der Waals surface area (Å²) in [5.74, 6) is -1.24. The number of nitrogens with one attached hydrogen (secondary N) is 1. The number of pyridine rings is 1. The minimum Gasteiger partial charge on any atom is -0.366 e. The number of hydrogen-bond donors (Lipinski definition) is 2. The molecule has 1 heterocycles. The van der Waals surface area contributed by atoms with Crippen LogP contribution in [0.1, 0.15) is 26.3 Å². The molecule has 108 valence electrons. The van der Waals surface area contributed by atoms with Crippen molar-refractivity contribution in [2.24, 2.45) is 5.73 Å². The van der Waals surface area contributed by atoms with Gasteiger partial charge in [-0.05, 0) is 11.6 Å². The molecule has 0 bridgehead atoms. The van der Waals surface area contributed by atoms with Crippen LogP contribution >= 0.6 is 0 Å². The summed E-state index contributed by atoms with van der Waals surface area (Å²) in [5, 5.41) is 2.37.